The summed E-state index contributed by atoms with van der Waals surface area (Å²) in [5.74, 6) is -1.04. The molecular formula is C15H14N2O4. The number of nitro benzene ring substituents is 1. The maximum atomic E-state index is 11.2. The first-order chi connectivity index (χ1) is 10.0. The second kappa shape index (κ2) is 6.04. The molecule has 2 aromatic carbocycles. The van der Waals surface area contributed by atoms with Crippen molar-refractivity contribution in [3.05, 3.63) is 69.3 Å². The largest absolute Gasteiger partial charge is 0.478 e. The lowest BCUT2D eigenvalue weighted by molar-refractivity contribution is -0.385. The smallest absolute Gasteiger partial charge is 0.337 e. The van der Waals surface area contributed by atoms with Crippen molar-refractivity contribution >= 4 is 17.3 Å². The molecule has 0 aliphatic carbocycles. The summed E-state index contributed by atoms with van der Waals surface area (Å²) < 4.78 is 0. The van der Waals surface area contributed by atoms with Gasteiger partial charge in [-0.25, -0.2) is 4.79 Å². The first-order valence-corrected chi connectivity index (χ1v) is 6.29. The van der Waals surface area contributed by atoms with Gasteiger partial charge in [-0.3, -0.25) is 10.1 Å². The zero-order chi connectivity index (χ0) is 15.4. The fourth-order valence-electron chi connectivity index (χ4n) is 2.10. The Morgan fingerprint density at radius 2 is 1.95 bits per heavy atom. The third-order valence-corrected chi connectivity index (χ3v) is 3.15. The summed E-state index contributed by atoms with van der Waals surface area (Å²) in [6, 6.07) is 11.3. The molecule has 21 heavy (non-hydrogen) atoms. The minimum Gasteiger partial charge on any atom is -0.478 e. The van der Waals surface area contributed by atoms with Crippen molar-refractivity contribution in [2.45, 2.75) is 13.5 Å². The average Bonchev–Trinajstić information content (AvgIpc) is 2.45. The average molecular weight is 286 g/mol. The number of carboxylic acid groups (broad SMARTS) is 1. The first-order valence-electron chi connectivity index (χ1n) is 6.29. The van der Waals surface area contributed by atoms with E-state index in [2.05, 4.69) is 5.32 Å². The number of nitro groups is 1. The minimum atomic E-state index is -1.04. The highest BCUT2D eigenvalue weighted by molar-refractivity contribution is 5.95. The predicted octanol–water partition coefficient (Wildman–Crippen LogP) is 3.21. The highest BCUT2D eigenvalue weighted by Gasteiger charge is 2.15. The summed E-state index contributed by atoms with van der Waals surface area (Å²) in [7, 11) is 0. The molecule has 0 fully saturated rings. The Bertz CT molecular complexity index is 698. The monoisotopic (exact) mass is 286 g/mol. The molecule has 2 N–H and O–H groups in total. The van der Waals surface area contributed by atoms with Crippen LogP contribution in [0.4, 0.5) is 11.4 Å². The molecule has 0 saturated carbocycles. The Hall–Kier alpha value is -2.89. The van der Waals surface area contributed by atoms with E-state index in [1.54, 1.807) is 37.3 Å². The van der Waals surface area contributed by atoms with Gasteiger partial charge in [0, 0.05) is 18.2 Å². The van der Waals surface area contributed by atoms with Crippen LogP contribution < -0.4 is 5.32 Å². The summed E-state index contributed by atoms with van der Waals surface area (Å²) in [6.45, 7) is 1.97. The molecule has 0 atom stereocenters. The van der Waals surface area contributed by atoms with Crippen LogP contribution in [0.1, 0.15) is 21.5 Å². The van der Waals surface area contributed by atoms with Gasteiger partial charge in [-0.05, 0) is 18.6 Å². The Morgan fingerprint density at radius 1 is 1.24 bits per heavy atom. The summed E-state index contributed by atoms with van der Waals surface area (Å²) in [6.07, 6.45) is 0. The molecule has 0 spiro atoms. The number of aryl methyl sites for hydroxylation is 1. The Labute approximate surface area is 121 Å². The number of nitrogens with zero attached hydrogens (tertiary/aromatic N) is 1. The predicted molar refractivity (Wildman–Crippen MR) is 78.6 cm³/mol. The van der Waals surface area contributed by atoms with Crippen molar-refractivity contribution in [3.63, 3.8) is 0 Å². The third-order valence-electron chi connectivity index (χ3n) is 3.15. The van der Waals surface area contributed by atoms with E-state index in [9.17, 15) is 20.0 Å². The fraction of sp³-hybridized carbons (Fsp3) is 0.133. The van der Waals surface area contributed by atoms with Crippen molar-refractivity contribution in [1.82, 2.24) is 0 Å². The van der Waals surface area contributed by atoms with Crippen molar-refractivity contribution in [2.24, 2.45) is 0 Å². The molecule has 0 heterocycles. The number of benzene rings is 2. The summed E-state index contributed by atoms with van der Waals surface area (Å²) in [5, 5.41) is 23.1. The molecule has 0 radical (unpaired) electrons. The molecule has 6 nitrogen and oxygen atoms in total. The van der Waals surface area contributed by atoms with E-state index in [4.69, 9.17) is 0 Å². The highest BCUT2D eigenvalue weighted by atomic mass is 16.6. The first kappa shape index (κ1) is 14.5. The zero-order valence-electron chi connectivity index (χ0n) is 11.4. The molecular weight excluding hydrogens is 272 g/mol. The van der Waals surface area contributed by atoms with Gasteiger partial charge in [0.25, 0.3) is 5.69 Å². The van der Waals surface area contributed by atoms with Gasteiger partial charge in [0.1, 0.15) is 0 Å². The number of anilines is 1. The van der Waals surface area contributed by atoms with E-state index in [0.717, 1.165) is 5.56 Å². The van der Waals surface area contributed by atoms with Crippen LogP contribution in [0.3, 0.4) is 0 Å². The molecule has 2 rings (SSSR count). The molecule has 0 bridgehead atoms. The molecule has 0 saturated heterocycles. The highest BCUT2D eigenvalue weighted by Crippen LogP contribution is 2.24. The summed E-state index contributed by atoms with van der Waals surface area (Å²) in [4.78, 5) is 21.7. The van der Waals surface area contributed by atoms with Gasteiger partial charge < -0.3 is 10.4 Å². The van der Waals surface area contributed by atoms with Crippen LogP contribution in [0, 0.1) is 17.0 Å². The van der Waals surface area contributed by atoms with Crippen molar-refractivity contribution in [2.75, 3.05) is 5.32 Å². The fourth-order valence-corrected chi connectivity index (χ4v) is 2.10. The molecule has 0 aliphatic heterocycles. The Kier molecular flexibility index (Phi) is 4.18. The van der Waals surface area contributed by atoms with Crippen LogP contribution in [0.5, 0.6) is 0 Å². The standard InChI is InChI=1S/C15H14N2O4/c1-10-5-4-7-12(15(18)19)14(10)16-9-11-6-2-3-8-13(11)17(20)21/h2-8,16H,9H2,1H3,(H,18,19). The SMILES string of the molecule is Cc1cccc(C(=O)O)c1NCc1ccccc1[N+](=O)[O-]. The van der Waals surface area contributed by atoms with Crippen LogP contribution in [0.2, 0.25) is 0 Å². The Morgan fingerprint density at radius 3 is 2.62 bits per heavy atom. The lowest BCUT2D eigenvalue weighted by Crippen LogP contribution is -2.09. The van der Waals surface area contributed by atoms with Gasteiger partial charge in [0.15, 0.2) is 0 Å². The second-order valence-corrected chi connectivity index (χ2v) is 4.54. The van der Waals surface area contributed by atoms with E-state index < -0.39 is 10.9 Å². The maximum Gasteiger partial charge on any atom is 0.337 e. The molecule has 0 unspecified atom stereocenters. The maximum absolute atomic E-state index is 11.2. The number of carbonyl (C=O) groups is 1. The molecule has 0 aliphatic rings. The van der Waals surface area contributed by atoms with Gasteiger partial charge in [0.2, 0.25) is 0 Å². The van der Waals surface area contributed by atoms with Crippen molar-refractivity contribution in [3.8, 4) is 0 Å². The minimum absolute atomic E-state index is 0.00968. The Balaban J connectivity index is 2.29. The van der Waals surface area contributed by atoms with E-state index in [-0.39, 0.29) is 17.8 Å². The van der Waals surface area contributed by atoms with E-state index in [0.29, 0.717) is 11.3 Å². The van der Waals surface area contributed by atoms with Gasteiger partial charge in [-0.1, -0.05) is 30.3 Å². The molecule has 108 valence electrons. The number of carboxylic acids is 1. The number of hydrogen-bond donors (Lipinski definition) is 2. The van der Waals surface area contributed by atoms with E-state index in [1.807, 2.05) is 0 Å². The van der Waals surface area contributed by atoms with Gasteiger partial charge >= 0.3 is 5.97 Å². The summed E-state index contributed by atoms with van der Waals surface area (Å²) in [5.41, 5.74) is 1.91. The normalized spacial score (nSPS) is 10.1. The van der Waals surface area contributed by atoms with Crippen molar-refractivity contribution in [1.29, 1.82) is 0 Å². The number of rotatable bonds is 5. The van der Waals surface area contributed by atoms with E-state index >= 15 is 0 Å². The number of hydrogen-bond acceptors (Lipinski definition) is 4. The van der Waals surface area contributed by atoms with Crippen LogP contribution in [0.25, 0.3) is 0 Å². The molecule has 2 aromatic rings. The number of nitrogens with one attached hydrogen (secondary N) is 1. The van der Waals surface area contributed by atoms with Crippen LogP contribution >= 0.6 is 0 Å². The van der Waals surface area contributed by atoms with Gasteiger partial charge in [-0.15, -0.1) is 0 Å². The summed E-state index contributed by atoms with van der Waals surface area (Å²) >= 11 is 0. The lowest BCUT2D eigenvalue weighted by Gasteiger charge is -2.12. The molecule has 0 amide bonds. The molecule has 0 aromatic heterocycles. The second-order valence-electron chi connectivity index (χ2n) is 4.54. The third kappa shape index (κ3) is 3.17. The quantitative estimate of drug-likeness (QED) is 0.650. The van der Waals surface area contributed by atoms with Gasteiger partial charge in [-0.2, -0.15) is 0 Å². The van der Waals surface area contributed by atoms with Gasteiger partial charge in [0.05, 0.1) is 16.2 Å². The lowest BCUT2D eigenvalue weighted by atomic mass is 10.1. The van der Waals surface area contributed by atoms with E-state index in [1.165, 1.54) is 12.1 Å². The zero-order valence-corrected chi connectivity index (χ0v) is 11.4. The van der Waals surface area contributed by atoms with Crippen molar-refractivity contribution < 1.29 is 14.8 Å². The topological polar surface area (TPSA) is 92.5 Å². The number of para-hydroxylation sites is 2. The van der Waals surface area contributed by atoms with Crippen LogP contribution in [0.15, 0.2) is 42.5 Å². The van der Waals surface area contributed by atoms with Crippen LogP contribution in [-0.4, -0.2) is 16.0 Å². The molecule has 6 heteroatoms. The number of aromatic carboxylic acids is 1. The van der Waals surface area contributed by atoms with Crippen LogP contribution in [-0.2, 0) is 6.54 Å².